The number of esters is 1. The van der Waals surface area contributed by atoms with Crippen molar-refractivity contribution in [3.05, 3.63) is 17.5 Å². The van der Waals surface area contributed by atoms with Crippen LogP contribution in [0.4, 0.5) is 0 Å². The highest BCUT2D eigenvalue weighted by molar-refractivity contribution is 5.84. The predicted octanol–water partition coefficient (Wildman–Crippen LogP) is 1.20. The number of carbonyl (C=O) groups is 2. The second kappa shape index (κ2) is 7.07. The van der Waals surface area contributed by atoms with Gasteiger partial charge >= 0.3 is 5.97 Å². The van der Waals surface area contributed by atoms with Gasteiger partial charge in [-0.25, -0.2) is 4.79 Å². The summed E-state index contributed by atoms with van der Waals surface area (Å²) < 4.78 is 6.48. The molecule has 1 aromatic rings. The van der Waals surface area contributed by atoms with Crippen LogP contribution >= 0.6 is 0 Å². The van der Waals surface area contributed by atoms with Gasteiger partial charge in [-0.15, -0.1) is 0 Å². The van der Waals surface area contributed by atoms with Gasteiger partial charge in [0.25, 0.3) is 0 Å². The van der Waals surface area contributed by atoms with Crippen molar-refractivity contribution in [3.8, 4) is 0 Å². The Morgan fingerprint density at radius 2 is 2.05 bits per heavy atom. The van der Waals surface area contributed by atoms with E-state index in [1.807, 2.05) is 33.8 Å². The molecule has 1 unspecified atom stereocenters. The van der Waals surface area contributed by atoms with Crippen LogP contribution in [-0.4, -0.2) is 34.8 Å². The van der Waals surface area contributed by atoms with Crippen LogP contribution < -0.4 is 5.32 Å². The number of hydrogen-bond donors (Lipinski definition) is 1. The van der Waals surface area contributed by atoms with E-state index in [9.17, 15) is 9.59 Å². The zero-order valence-electron chi connectivity index (χ0n) is 12.8. The molecule has 0 aliphatic heterocycles. The van der Waals surface area contributed by atoms with Gasteiger partial charge in [-0.05, 0) is 25.8 Å². The van der Waals surface area contributed by atoms with Crippen LogP contribution in [0, 0.1) is 19.8 Å². The van der Waals surface area contributed by atoms with Crippen LogP contribution in [0.25, 0.3) is 0 Å². The molecule has 1 N–H and O–H groups in total. The van der Waals surface area contributed by atoms with E-state index >= 15 is 0 Å². The van der Waals surface area contributed by atoms with Gasteiger partial charge in [-0.1, -0.05) is 13.8 Å². The Labute approximate surface area is 119 Å². The average Bonchev–Trinajstić information content (AvgIpc) is 2.70. The third-order valence-electron chi connectivity index (χ3n) is 3.09. The monoisotopic (exact) mass is 281 g/mol. The topological polar surface area (TPSA) is 73.2 Å². The maximum absolute atomic E-state index is 11.9. The number of aryl methyl sites for hydroxylation is 3. The van der Waals surface area contributed by atoms with Gasteiger partial charge in [-0.2, -0.15) is 5.10 Å². The van der Waals surface area contributed by atoms with Crippen LogP contribution in [0.2, 0.25) is 0 Å². The van der Waals surface area contributed by atoms with Gasteiger partial charge in [-0.3, -0.25) is 9.48 Å². The van der Waals surface area contributed by atoms with Crippen molar-refractivity contribution >= 4 is 11.9 Å². The molecule has 0 bridgehead atoms. The van der Waals surface area contributed by atoms with Crippen LogP contribution in [0.15, 0.2) is 6.07 Å². The number of nitrogens with one attached hydrogen (secondary N) is 1. The molecule has 0 aliphatic carbocycles. The Hall–Kier alpha value is -1.85. The molecule has 1 heterocycles. The van der Waals surface area contributed by atoms with Gasteiger partial charge in [0, 0.05) is 18.7 Å². The number of carbonyl (C=O) groups excluding carboxylic acids is 2. The highest BCUT2D eigenvalue weighted by Gasteiger charge is 2.24. The third kappa shape index (κ3) is 4.36. The Kier molecular flexibility index (Phi) is 5.73. The van der Waals surface area contributed by atoms with Crippen molar-refractivity contribution in [1.82, 2.24) is 15.1 Å². The lowest BCUT2D eigenvalue weighted by molar-refractivity contribution is -0.146. The third-order valence-corrected chi connectivity index (χ3v) is 3.09. The molecular formula is C14H23N3O3. The largest absolute Gasteiger partial charge is 0.467 e. The zero-order valence-corrected chi connectivity index (χ0v) is 12.8. The highest BCUT2D eigenvalue weighted by atomic mass is 16.5. The van der Waals surface area contributed by atoms with E-state index in [0.717, 1.165) is 11.4 Å². The molecule has 1 amide bonds. The number of rotatable bonds is 6. The SMILES string of the molecule is COC(=O)C(NC(=O)CCn1nc(C)cc1C)C(C)C. The van der Waals surface area contributed by atoms with Crippen molar-refractivity contribution in [2.45, 2.75) is 46.7 Å². The second-order valence-electron chi connectivity index (χ2n) is 5.21. The van der Waals surface area contributed by atoms with Crippen LogP contribution in [0.3, 0.4) is 0 Å². The van der Waals surface area contributed by atoms with Crippen LogP contribution in [0.5, 0.6) is 0 Å². The highest BCUT2D eigenvalue weighted by Crippen LogP contribution is 2.06. The van der Waals surface area contributed by atoms with Gasteiger partial charge < -0.3 is 10.1 Å². The summed E-state index contributed by atoms with van der Waals surface area (Å²) in [6, 6.07) is 1.36. The zero-order chi connectivity index (χ0) is 15.3. The van der Waals surface area contributed by atoms with E-state index in [1.165, 1.54) is 7.11 Å². The van der Waals surface area contributed by atoms with E-state index in [0.29, 0.717) is 6.54 Å². The van der Waals surface area contributed by atoms with E-state index in [4.69, 9.17) is 0 Å². The van der Waals surface area contributed by atoms with Crippen LogP contribution in [0.1, 0.15) is 31.7 Å². The van der Waals surface area contributed by atoms with Crippen molar-refractivity contribution in [2.24, 2.45) is 5.92 Å². The van der Waals surface area contributed by atoms with Gasteiger partial charge in [0.05, 0.1) is 12.8 Å². The fraction of sp³-hybridized carbons (Fsp3) is 0.643. The first-order valence-corrected chi connectivity index (χ1v) is 6.73. The first-order chi connectivity index (χ1) is 9.35. The smallest absolute Gasteiger partial charge is 0.328 e. The minimum atomic E-state index is -0.604. The summed E-state index contributed by atoms with van der Waals surface area (Å²) in [5.41, 5.74) is 1.95. The van der Waals surface area contributed by atoms with Crippen molar-refractivity contribution in [3.63, 3.8) is 0 Å². The molecule has 0 radical (unpaired) electrons. The molecule has 1 atom stereocenters. The second-order valence-corrected chi connectivity index (χ2v) is 5.21. The first-order valence-electron chi connectivity index (χ1n) is 6.73. The Morgan fingerprint density at radius 1 is 1.40 bits per heavy atom. The number of nitrogens with zero attached hydrogens (tertiary/aromatic N) is 2. The lowest BCUT2D eigenvalue weighted by Gasteiger charge is -2.19. The van der Waals surface area contributed by atoms with Crippen molar-refractivity contribution < 1.29 is 14.3 Å². The average molecular weight is 281 g/mol. The molecule has 0 aliphatic rings. The summed E-state index contributed by atoms with van der Waals surface area (Å²) in [6.45, 7) is 8.09. The van der Waals surface area contributed by atoms with Crippen molar-refractivity contribution in [2.75, 3.05) is 7.11 Å². The van der Waals surface area contributed by atoms with E-state index in [-0.39, 0.29) is 18.2 Å². The predicted molar refractivity (Wildman–Crippen MR) is 75.1 cm³/mol. The molecule has 112 valence electrons. The molecule has 0 spiro atoms. The first kappa shape index (κ1) is 16.2. The Morgan fingerprint density at radius 3 is 2.50 bits per heavy atom. The number of amides is 1. The molecule has 1 rings (SSSR count). The summed E-state index contributed by atoms with van der Waals surface area (Å²) in [5.74, 6) is -0.610. The van der Waals surface area contributed by atoms with Crippen molar-refractivity contribution in [1.29, 1.82) is 0 Å². The summed E-state index contributed by atoms with van der Waals surface area (Å²) in [4.78, 5) is 23.5. The van der Waals surface area contributed by atoms with E-state index < -0.39 is 12.0 Å². The Balaban J connectivity index is 2.54. The summed E-state index contributed by atoms with van der Waals surface area (Å²) in [6.07, 6.45) is 0.280. The quantitative estimate of drug-likeness (QED) is 0.795. The fourth-order valence-electron chi connectivity index (χ4n) is 1.98. The fourth-order valence-corrected chi connectivity index (χ4v) is 1.98. The summed E-state index contributed by atoms with van der Waals surface area (Å²) >= 11 is 0. The summed E-state index contributed by atoms with van der Waals surface area (Å²) in [5, 5.41) is 7.00. The normalized spacial score (nSPS) is 12.3. The molecular weight excluding hydrogens is 258 g/mol. The standard InChI is InChI=1S/C14H23N3O3/c1-9(2)13(14(19)20-5)15-12(18)6-7-17-11(4)8-10(3)16-17/h8-9,13H,6-7H2,1-5H3,(H,15,18). The molecule has 0 saturated heterocycles. The maximum Gasteiger partial charge on any atom is 0.328 e. The molecule has 20 heavy (non-hydrogen) atoms. The number of hydrogen-bond acceptors (Lipinski definition) is 4. The number of aromatic nitrogens is 2. The molecule has 0 fully saturated rings. The number of ether oxygens (including phenoxy) is 1. The molecule has 1 aromatic heterocycles. The van der Waals surface area contributed by atoms with Crippen LogP contribution in [-0.2, 0) is 20.9 Å². The lowest BCUT2D eigenvalue weighted by atomic mass is 10.0. The molecule has 6 nitrogen and oxygen atoms in total. The molecule has 0 saturated carbocycles. The maximum atomic E-state index is 11.9. The lowest BCUT2D eigenvalue weighted by Crippen LogP contribution is -2.45. The molecule has 6 heteroatoms. The Bertz CT molecular complexity index is 480. The van der Waals surface area contributed by atoms with Gasteiger partial charge in [0.2, 0.25) is 5.91 Å². The molecule has 0 aromatic carbocycles. The van der Waals surface area contributed by atoms with E-state index in [2.05, 4.69) is 15.2 Å². The van der Waals surface area contributed by atoms with E-state index in [1.54, 1.807) is 4.68 Å². The minimum absolute atomic E-state index is 0.0138. The van der Waals surface area contributed by atoms with Gasteiger partial charge in [0.15, 0.2) is 0 Å². The van der Waals surface area contributed by atoms with Gasteiger partial charge in [0.1, 0.15) is 6.04 Å². The summed E-state index contributed by atoms with van der Waals surface area (Å²) in [7, 11) is 1.32. The minimum Gasteiger partial charge on any atom is -0.467 e. The number of methoxy groups -OCH3 is 1.